The average Bonchev–Trinajstić information content (AvgIpc) is 2.62. The first-order chi connectivity index (χ1) is 12.7. The summed E-state index contributed by atoms with van der Waals surface area (Å²) in [6.45, 7) is 1.82. The number of amides is 2. The van der Waals surface area contributed by atoms with Crippen molar-refractivity contribution in [1.29, 1.82) is 0 Å². The minimum absolute atomic E-state index is 0.116. The van der Waals surface area contributed by atoms with Crippen molar-refractivity contribution in [3.05, 3.63) is 58.0 Å². The van der Waals surface area contributed by atoms with Gasteiger partial charge in [0, 0.05) is 25.8 Å². The van der Waals surface area contributed by atoms with E-state index in [0.717, 1.165) is 10.2 Å². The van der Waals surface area contributed by atoms with Crippen LogP contribution >= 0.6 is 0 Å². The maximum Gasteiger partial charge on any atom is 0.276 e. The molecule has 3 rings (SSSR count). The highest BCUT2D eigenvalue weighted by molar-refractivity contribution is 6.03. The lowest BCUT2D eigenvalue weighted by Gasteiger charge is -2.33. The fraction of sp³-hybridized carbons (Fsp3) is 0.278. The van der Waals surface area contributed by atoms with Gasteiger partial charge >= 0.3 is 0 Å². The number of nitrogens with one attached hydrogen (secondary N) is 1. The van der Waals surface area contributed by atoms with Crippen LogP contribution in [0.5, 0.6) is 0 Å². The van der Waals surface area contributed by atoms with Crippen LogP contribution in [0, 0.1) is 0 Å². The highest BCUT2D eigenvalue weighted by Gasteiger charge is 2.36. The first kappa shape index (κ1) is 18.3. The summed E-state index contributed by atoms with van der Waals surface area (Å²) < 4.78 is 1.09. The minimum atomic E-state index is -0.816. The third kappa shape index (κ3) is 3.57. The van der Waals surface area contributed by atoms with Crippen molar-refractivity contribution in [2.45, 2.75) is 18.9 Å². The van der Waals surface area contributed by atoms with Gasteiger partial charge in [0.25, 0.3) is 11.5 Å². The zero-order valence-corrected chi connectivity index (χ0v) is 15.3. The molecule has 1 aliphatic heterocycles. The molecule has 1 aromatic heterocycles. The molecule has 27 heavy (non-hydrogen) atoms. The molecule has 2 aromatic rings. The predicted molar refractivity (Wildman–Crippen MR) is 100 cm³/mol. The number of benzene rings is 1. The Bertz CT molecular complexity index is 1010. The predicted octanol–water partition coefficient (Wildman–Crippen LogP) is 0.425. The number of aryl methyl sites for hydroxylation is 1. The molecule has 0 spiro atoms. The van der Waals surface area contributed by atoms with Crippen LogP contribution in [0.3, 0.4) is 0 Å². The highest BCUT2D eigenvalue weighted by Crippen LogP contribution is 2.34. The molecule has 0 saturated carbocycles. The van der Waals surface area contributed by atoms with E-state index in [4.69, 9.17) is 5.73 Å². The molecule has 9 nitrogen and oxygen atoms in total. The highest BCUT2D eigenvalue weighted by atomic mass is 16.2. The van der Waals surface area contributed by atoms with Gasteiger partial charge in [-0.15, -0.1) is 0 Å². The number of hydrogen-bond acceptors (Lipinski definition) is 6. The number of nitrogens with two attached hydrogens (primary N) is 1. The second kappa shape index (κ2) is 6.67. The lowest BCUT2D eigenvalue weighted by atomic mass is 9.87. The fourth-order valence-electron chi connectivity index (χ4n) is 2.83. The smallest absolute Gasteiger partial charge is 0.276 e. The number of anilines is 1. The number of carbonyl (C=O) groups excluding carboxylic acids is 2. The number of nitrogens with zero attached hydrogens (tertiary/aromatic N) is 4. The minimum Gasteiger partial charge on any atom is -0.369 e. The standard InChI is InChI=1S/C18H20N6O3/c1-18(10-15(26)23(2)17(19)21-18)11-5-4-6-12(9-11)20-16(27)13-7-8-14(25)24(3)22-13/h4-9H,10H2,1-3H3,(H2,19,21)(H,20,27). The SMILES string of the molecule is CN1C(=O)CC(C)(c2cccc(NC(=O)c3ccc(=O)n(C)n3)c2)N=C1N. The normalized spacial score (nSPS) is 19.6. The first-order valence-corrected chi connectivity index (χ1v) is 8.28. The molecule has 1 aromatic carbocycles. The Morgan fingerprint density at radius 3 is 2.63 bits per heavy atom. The third-order valence-electron chi connectivity index (χ3n) is 4.51. The molecule has 1 atom stereocenters. The Morgan fingerprint density at radius 1 is 1.22 bits per heavy atom. The number of aromatic nitrogens is 2. The van der Waals surface area contributed by atoms with Crippen molar-refractivity contribution in [2.24, 2.45) is 17.8 Å². The molecule has 0 aliphatic carbocycles. The van der Waals surface area contributed by atoms with Crippen LogP contribution in [0.4, 0.5) is 5.69 Å². The molecule has 2 heterocycles. The summed E-state index contributed by atoms with van der Waals surface area (Å²) in [5.74, 6) is -0.429. The summed E-state index contributed by atoms with van der Waals surface area (Å²) in [4.78, 5) is 41.7. The van der Waals surface area contributed by atoms with E-state index in [1.807, 2.05) is 13.0 Å². The Morgan fingerprint density at radius 2 is 1.96 bits per heavy atom. The number of guanidine groups is 1. The first-order valence-electron chi connectivity index (χ1n) is 8.28. The van der Waals surface area contributed by atoms with Crippen molar-refractivity contribution < 1.29 is 9.59 Å². The Hall–Kier alpha value is -3.49. The van der Waals surface area contributed by atoms with E-state index in [-0.39, 0.29) is 29.5 Å². The number of aliphatic imine (C=N–C) groups is 1. The molecule has 1 aliphatic rings. The topological polar surface area (TPSA) is 123 Å². The van der Waals surface area contributed by atoms with E-state index in [2.05, 4.69) is 15.4 Å². The molecular weight excluding hydrogens is 348 g/mol. The van der Waals surface area contributed by atoms with Crippen molar-refractivity contribution in [3.63, 3.8) is 0 Å². The second-order valence-corrected chi connectivity index (χ2v) is 6.59. The summed E-state index contributed by atoms with van der Waals surface area (Å²) in [6, 6.07) is 9.70. The number of carbonyl (C=O) groups is 2. The molecule has 0 bridgehead atoms. The molecule has 1 unspecified atom stereocenters. The maximum atomic E-state index is 12.4. The van der Waals surface area contributed by atoms with Gasteiger partial charge in [0.05, 0.1) is 12.0 Å². The molecule has 3 N–H and O–H groups in total. The van der Waals surface area contributed by atoms with E-state index in [9.17, 15) is 14.4 Å². The van der Waals surface area contributed by atoms with Gasteiger partial charge in [-0.2, -0.15) is 5.10 Å². The second-order valence-electron chi connectivity index (χ2n) is 6.59. The lowest BCUT2D eigenvalue weighted by Crippen LogP contribution is -2.47. The molecule has 2 amide bonds. The van der Waals surface area contributed by atoms with Gasteiger partial charge in [-0.05, 0) is 30.7 Å². The van der Waals surface area contributed by atoms with Crippen molar-refractivity contribution >= 4 is 23.5 Å². The summed E-state index contributed by atoms with van der Waals surface area (Å²) in [5.41, 5.74) is 6.12. The van der Waals surface area contributed by atoms with Crippen LogP contribution in [0.2, 0.25) is 0 Å². The van der Waals surface area contributed by atoms with Crippen LogP contribution in [0.1, 0.15) is 29.4 Å². The van der Waals surface area contributed by atoms with E-state index in [0.29, 0.717) is 5.69 Å². The zero-order chi connectivity index (χ0) is 19.8. The summed E-state index contributed by atoms with van der Waals surface area (Å²) >= 11 is 0. The van der Waals surface area contributed by atoms with Crippen LogP contribution in [0.25, 0.3) is 0 Å². The number of rotatable bonds is 3. The van der Waals surface area contributed by atoms with Gasteiger partial charge < -0.3 is 11.1 Å². The van der Waals surface area contributed by atoms with Gasteiger partial charge in [-0.3, -0.25) is 19.3 Å². The van der Waals surface area contributed by atoms with Gasteiger partial charge in [-0.1, -0.05) is 12.1 Å². The molecule has 0 saturated heterocycles. The summed E-state index contributed by atoms with van der Waals surface area (Å²) in [5, 5.41) is 6.67. The quantitative estimate of drug-likeness (QED) is 0.813. The Labute approximate surface area is 155 Å². The van der Waals surface area contributed by atoms with Gasteiger partial charge in [-0.25, -0.2) is 9.67 Å². The van der Waals surface area contributed by atoms with Crippen molar-refractivity contribution in [1.82, 2.24) is 14.7 Å². The van der Waals surface area contributed by atoms with Gasteiger partial charge in [0.1, 0.15) is 5.69 Å². The number of hydrogen-bond donors (Lipinski definition) is 2. The molecule has 0 fully saturated rings. The largest absolute Gasteiger partial charge is 0.369 e. The molecule has 9 heteroatoms. The van der Waals surface area contributed by atoms with Crippen LogP contribution in [-0.4, -0.2) is 39.5 Å². The van der Waals surface area contributed by atoms with E-state index in [1.165, 1.54) is 24.1 Å². The lowest BCUT2D eigenvalue weighted by molar-refractivity contribution is -0.128. The summed E-state index contributed by atoms with van der Waals surface area (Å²) in [7, 11) is 3.05. The monoisotopic (exact) mass is 368 g/mol. The Kier molecular flexibility index (Phi) is 4.52. The van der Waals surface area contributed by atoms with E-state index in [1.54, 1.807) is 25.2 Å². The average molecular weight is 368 g/mol. The fourth-order valence-corrected chi connectivity index (χ4v) is 2.83. The van der Waals surface area contributed by atoms with Crippen molar-refractivity contribution in [2.75, 3.05) is 12.4 Å². The zero-order valence-electron chi connectivity index (χ0n) is 15.3. The maximum absolute atomic E-state index is 12.4. The van der Waals surface area contributed by atoms with E-state index >= 15 is 0 Å². The Balaban J connectivity index is 1.87. The van der Waals surface area contributed by atoms with Gasteiger partial charge in [0.15, 0.2) is 5.96 Å². The van der Waals surface area contributed by atoms with Crippen molar-refractivity contribution in [3.8, 4) is 0 Å². The third-order valence-corrected chi connectivity index (χ3v) is 4.51. The summed E-state index contributed by atoms with van der Waals surface area (Å²) in [6.07, 6.45) is 0.171. The van der Waals surface area contributed by atoms with Crippen LogP contribution < -0.4 is 16.6 Å². The van der Waals surface area contributed by atoms with Crippen LogP contribution in [0.15, 0.2) is 46.2 Å². The molecule has 0 radical (unpaired) electrons. The molecule has 140 valence electrons. The van der Waals surface area contributed by atoms with E-state index < -0.39 is 11.4 Å². The molecular formula is C18H20N6O3. The van der Waals surface area contributed by atoms with Crippen LogP contribution in [-0.2, 0) is 17.4 Å². The van der Waals surface area contributed by atoms with Gasteiger partial charge in [0.2, 0.25) is 5.91 Å².